The van der Waals surface area contributed by atoms with E-state index < -0.39 is 24.4 Å². The molecular weight excluding hydrogens is 365 g/mol. The maximum Gasteiger partial charge on any atom is 0.416 e. The molecule has 3 rings (SSSR count). The minimum atomic E-state index is -4.82. The average Bonchev–Trinajstić information content (AvgIpc) is 2.63. The number of nitrogens with zero attached hydrogens (tertiary/aromatic N) is 4. The number of pyridine rings is 2. The lowest BCUT2D eigenvalue weighted by molar-refractivity contribution is -0.207. The highest BCUT2D eigenvalue weighted by atomic mass is 19.4. The topological polar surface area (TPSA) is 105 Å². The van der Waals surface area contributed by atoms with Gasteiger partial charge >= 0.3 is 6.18 Å². The summed E-state index contributed by atoms with van der Waals surface area (Å²) >= 11 is 0. The van der Waals surface area contributed by atoms with Gasteiger partial charge in [0.1, 0.15) is 17.5 Å². The molecule has 0 saturated carbocycles. The summed E-state index contributed by atoms with van der Waals surface area (Å²) in [5.41, 5.74) is -0.696. The van der Waals surface area contributed by atoms with Gasteiger partial charge in [-0.3, -0.25) is 9.78 Å². The number of halogens is 3. The van der Waals surface area contributed by atoms with Crippen molar-refractivity contribution in [1.29, 1.82) is 0 Å². The van der Waals surface area contributed by atoms with Gasteiger partial charge in [0.15, 0.2) is 6.10 Å². The number of anilines is 3. The molecule has 1 unspecified atom stereocenters. The summed E-state index contributed by atoms with van der Waals surface area (Å²) in [6.07, 6.45) is -1.77. The van der Waals surface area contributed by atoms with E-state index >= 15 is 0 Å². The van der Waals surface area contributed by atoms with E-state index in [0.717, 1.165) is 4.57 Å². The summed E-state index contributed by atoms with van der Waals surface area (Å²) < 4.78 is 38.5. The largest absolute Gasteiger partial charge is 0.416 e. The lowest BCUT2D eigenvalue weighted by Gasteiger charge is -2.17. The molecule has 0 amide bonds. The molecule has 0 aromatic carbocycles. The van der Waals surface area contributed by atoms with Gasteiger partial charge in [-0.1, -0.05) is 0 Å². The van der Waals surface area contributed by atoms with Crippen LogP contribution in [0, 0.1) is 0 Å². The second-order valence-corrected chi connectivity index (χ2v) is 5.62. The number of hydrogen-bond acceptors (Lipinski definition) is 7. The summed E-state index contributed by atoms with van der Waals surface area (Å²) in [6, 6.07) is 3.04. The van der Waals surface area contributed by atoms with Gasteiger partial charge in [0.2, 0.25) is 0 Å². The maximum atomic E-state index is 12.6. The molecule has 3 N–H and O–H groups in total. The second kappa shape index (κ2) is 7.19. The van der Waals surface area contributed by atoms with E-state index in [2.05, 4.69) is 25.6 Å². The highest BCUT2D eigenvalue weighted by Crippen LogP contribution is 2.24. The van der Waals surface area contributed by atoms with Crippen molar-refractivity contribution in [1.82, 2.24) is 19.5 Å². The van der Waals surface area contributed by atoms with Crippen molar-refractivity contribution < 1.29 is 18.3 Å². The molecule has 142 valence electrons. The van der Waals surface area contributed by atoms with Crippen LogP contribution in [0.1, 0.15) is 0 Å². The normalized spacial score (nSPS) is 12.8. The number of aliphatic hydroxyl groups excluding tert-OH is 1. The summed E-state index contributed by atoms with van der Waals surface area (Å²) in [5, 5.41) is 15.5. The van der Waals surface area contributed by atoms with Gasteiger partial charge < -0.3 is 20.3 Å². The number of hydrogen-bond donors (Lipinski definition) is 3. The predicted octanol–water partition coefficient (Wildman–Crippen LogP) is 1.90. The van der Waals surface area contributed by atoms with E-state index in [1.165, 1.54) is 37.9 Å². The average molecular weight is 380 g/mol. The molecule has 0 fully saturated rings. The minimum Gasteiger partial charge on any atom is -0.382 e. The SMILES string of the molecule is CNc1nc(Nc2cnccn2)cc2ccn(CC(O)C(F)(F)F)c(=O)c12. The fraction of sp³-hybridized carbons (Fsp3) is 0.250. The van der Waals surface area contributed by atoms with Crippen LogP contribution in [0.4, 0.5) is 30.6 Å². The zero-order chi connectivity index (χ0) is 19.6. The summed E-state index contributed by atoms with van der Waals surface area (Å²) in [6.45, 7) is -0.902. The van der Waals surface area contributed by atoms with Crippen LogP contribution >= 0.6 is 0 Å². The molecule has 3 heterocycles. The molecule has 8 nitrogen and oxygen atoms in total. The molecule has 3 aromatic heterocycles. The molecule has 0 saturated heterocycles. The highest BCUT2D eigenvalue weighted by molar-refractivity contribution is 5.93. The summed E-state index contributed by atoms with van der Waals surface area (Å²) in [7, 11) is 1.54. The Balaban J connectivity index is 2.03. The summed E-state index contributed by atoms with van der Waals surface area (Å²) in [5.74, 6) is 0.993. The van der Waals surface area contributed by atoms with Crippen LogP contribution in [0.25, 0.3) is 10.8 Å². The monoisotopic (exact) mass is 380 g/mol. The summed E-state index contributed by atoms with van der Waals surface area (Å²) in [4.78, 5) is 24.8. The molecule has 11 heteroatoms. The maximum absolute atomic E-state index is 12.6. The van der Waals surface area contributed by atoms with E-state index in [1.54, 1.807) is 6.07 Å². The highest BCUT2D eigenvalue weighted by Gasteiger charge is 2.38. The zero-order valence-electron chi connectivity index (χ0n) is 14.0. The molecule has 1 atom stereocenters. The van der Waals surface area contributed by atoms with Crippen molar-refractivity contribution in [2.45, 2.75) is 18.8 Å². The Morgan fingerprint density at radius 2 is 2.07 bits per heavy atom. The Morgan fingerprint density at radius 3 is 2.70 bits per heavy atom. The molecule has 27 heavy (non-hydrogen) atoms. The second-order valence-electron chi connectivity index (χ2n) is 5.62. The first-order valence-electron chi connectivity index (χ1n) is 7.79. The molecule has 0 spiro atoms. The van der Waals surface area contributed by atoms with Crippen molar-refractivity contribution in [2.75, 3.05) is 17.7 Å². The van der Waals surface area contributed by atoms with E-state index in [1.807, 2.05) is 0 Å². The standard InChI is InChI=1S/C16H15F3N6O2/c1-20-14-13-9(6-11(24-14)23-12-7-21-3-4-22-12)2-5-25(15(13)27)8-10(26)16(17,18)19/h2-7,10,26H,8H2,1H3,(H2,20,22,23,24). The third kappa shape index (κ3) is 3.97. The van der Waals surface area contributed by atoms with Crippen LogP contribution in [-0.2, 0) is 6.54 Å². The zero-order valence-corrected chi connectivity index (χ0v) is 14.0. The van der Waals surface area contributed by atoms with Gasteiger partial charge in [-0.05, 0) is 17.5 Å². The van der Waals surface area contributed by atoms with Gasteiger partial charge in [-0.25, -0.2) is 9.97 Å². The van der Waals surface area contributed by atoms with E-state index in [4.69, 9.17) is 0 Å². The Kier molecular flexibility index (Phi) is 4.95. The van der Waals surface area contributed by atoms with E-state index in [9.17, 15) is 23.1 Å². The fourth-order valence-corrected chi connectivity index (χ4v) is 2.48. The Morgan fingerprint density at radius 1 is 1.30 bits per heavy atom. The Hall–Kier alpha value is -3.21. The van der Waals surface area contributed by atoms with Gasteiger partial charge in [0.25, 0.3) is 5.56 Å². The number of aliphatic hydroxyl groups is 1. The van der Waals surface area contributed by atoms with Crippen molar-refractivity contribution >= 4 is 28.2 Å². The van der Waals surface area contributed by atoms with Crippen molar-refractivity contribution in [3.8, 4) is 0 Å². The van der Waals surface area contributed by atoms with E-state index in [-0.39, 0.29) is 11.2 Å². The molecular formula is C16H15F3N6O2. The van der Waals surface area contributed by atoms with E-state index in [0.29, 0.717) is 17.0 Å². The first-order chi connectivity index (χ1) is 12.8. The lowest BCUT2D eigenvalue weighted by atomic mass is 10.2. The van der Waals surface area contributed by atoms with Gasteiger partial charge in [-0.15, -0.1) is 0 Å². The van der Waals surface area contributed by atoms with Crippen LogP contribution in [-0.4, -0.2) is 44.0 Å². The fourth-order valence-electron chi connectivity index (χ4n) is 2.48. The van der Waals surface area contributed by atoms with Crippen LogP contribution in [0.2, 0.25) is 0 Å². The predicted molar refractivity (Wildman–Crippen MR) is 92.9 cm³/mol. The molecule has 3 aromatic rings. The molecule has 0 aliphatic carbocycles. The Labute approximate surface area is 150 Å². The lowest BCUT2D eigenvalue weighted by Crippen LogP contribution is -2.36. The van der Waals surface area contributed by atoms with Crippen molar-refractivity contribution in [3.05, 3.63) is 47.3 Å². The number of rotatable bonds is 5. The Bertz CT molecular complexity index is 1010. The third-order valence-corrected chi connectivity index (χ3v) is 3.76. The molecule has 0 radical (unpaired) electrons. The van der Waals surface area contributed by atoms with Crippen LogP contribution in [0.15, 0.2) is 41.7 Å². The van der Waals surface area contributed by atoms with Crippen LogP contribution in [0.3, 0.4) is 0 Å². The molecule has 0 aliphatic rings. The quantitative estimate of drug-likeness (QED) is 0.621. The molecule has 0 aliphatic heterocycles. The number of nitrogens with one attached hydrogen (secondary N) is 2. The first kappa shape index (κ1) is 18.6. The van der Waals surface area contributed by atoms with Gasteiger partial charge in [0.05, 0.1) is 18.1 Å². The van der Waals surface area contributed by atoms with Crippen molar-refractivity contribution in [3.63, 3.8) is 0 Å². The van der Waals surface area contributed by atoms with Gasteiger partial charge in [-0.2, -0.15) is 13.2 Å². The first-order valence-corrected chi connectivity index (χ1v) is 7.79. The molecule has 0 bridgehead atoms. The number of alkyl halides is 3. The van der Waals surface area contributed by atoms with Crippen LogP contribution in [0.5, 0.6) is 0 Å². The third-order valence-electron chi connectivity index (χ3n) is 3.76. The number of fused-ring (bicyclic) bond motifs is 1. The van der Waals surface area contributed by atoms with Crippen LogP contribution < -0.4 is 16.2 Å². The van der Waals surface area contributed by atoms with Crippen molar-refractivity contribution in [2.24, 2.45) is 0 Å². The van der Waals surface area contributed by atoms with Gasteiger partial charge in [0, 0.05) is 25.6 Å². The minimum absolute atomic E-state index is 0.110. The number of aromatic nitrogens is 4. The smallest absolute Gasteiger partial charge is 0.382 e.